The predicted octanol–water partition coefficient (Wildman–Crippen LogP) is 2.57. The first-order valence-electron chi connectivity index (χ1n) is 7.05. The number of benzene rings is 1. The van der Waals surface area contributed by atoms with Gasteiger partial charge in [-0.3, -0.25) is 0 Å². The summed E-state index contributed by atoms with van der Waals surface area (Å²) in [5, 5.41) is 6.86. The van der Waals surface area contributed by atoms with Crippen LogP contribution in [0.25, 0.3) is 0 Å². The van der Waals surface area contributed by atoms with Gasteiger partial charge in [-0.1, -0.05) is 17.7 Å². The SMILES string of the molecule is CNCC1(C(NC)c2cc(C)cc(C)c2OC)CC1. The van der Waals surface area contributed by atoms with Crippen LogP contribution >= 0.6 is 0 Å². The molecule has 2 rings (SSSR count). The lowest BCUT2D eigenvalue weighted by atomic mass is 9.87. The van der Waals surface area contributed by atoms with Gasteiger partial charge in [-0.25, -0.2) is 0 Å². The van der Waals surface area contributed by atoms with E-state index in [1.54, 1.807) is 7.11 Å². The van der Waals surface area contributed by atoms with Crippen molar-refractivity contribution < 1.29 is 4.74 Å². The van der Waals surface area contributed by atoms with Crippen molar-refractivity contribution in [1.29, 1.82) is 0 Å². The van der Waals surface area contributed by atoms with Crippen LogP contribution in [-0.4, -0.2) is 27.7 Å². The van der Waals surface area contributed by atoms with Gasteiger partial charge in [0.25, 0.3) is 0 Å². The number of rotatable bonds is 6. The van der Waals surface area contributed by atoms with E-state index in [9.17, 15) is 0 Å². The molecular formula is C16H26N2O. The Labute approximate surface area is 116 Å². The molecule has 2 N–H and O–H groups in total. The molecule has 1 atom stereocenters. The minimum absolute atomic E-state index is 0.344. The van der Waals surface area contributed by atoms with E-state index >= 15 is 0 Å². The van der Waals surface area contributed by atoms with Crippen molar-refractivity contribution in [3.8, 4) is 5.75 Å². The van der Waals surface area contributed by atoms with Gasteiger partial charge in [-0.15, -0.1) is 0 Å². The van der Waals surface area contributed by atoms with Crippen LogP contribution in [0.15, 0.2) is 12.1 Å². The van der Waals surface area contributed by atoms with Crippen LogP contribution in [0.2, 0.25) is 0 Å². The molecule has 0 bridgehead atoms. The quantitative estimate of drug-likeness (QED) is 0.826. The van der Waals surface area contributed by atoms with Gasteiger partial charge in [0.1, 0.15) is 5.75 Å². The Morgan fingerprint density at radius 2 is 1.95 bits per heavy atom. The number of methoxy groups -OCH3 is 1. The Morgan fingerprint density at radius 1 is 1.26 bits per heavy atom. The van der Waals surface area contributed by atoms with Gasteiger partial charge in [-0.2, -0.15) is 0 Å². The lowest BCUT2D eigenvalue weighted by Gasteiger charge is -2.29. The molecule has 1 saturated carbocycles. The Bertz CT molecular complexity index is 452. The number of ether oxygens (including phenoxy) is 1. The maximum Gasteiger partial charge on any atom is 0.126 e. The first-order valence-corrected chi connectivity index (χ1v) is 7.05. The fraction of sp³-hybridized carbons (Fsp3) is 0.625. The third-order valence-electron chi connectivity index (χ3n) is 4.28. The molecule has 0 aliphatic heterocycles. The third-order valence-corrected chi connectivity index (χ3v) is 4.28. The van der Waals surface area contributed by atoms with Crippen LogP contribution in [0.4, 0.5) is 0 Å². The molecule has 0 radical (unpaired) electrons. The molecule has 1 unspecified atom stereocenters. The van der Waals surface area contributed by atoms with E-state index in [0.717, 1.165) is 12.3 Å². The highest BCUT2D eigenvalue weighted by molar-refractivity contribution is 5.46. The lowest BCUT2D eigenvalue weighted by Crippen LogP contribution is -2.34. The summed E-state index contributed by atoms with van der Waals surface area (Å²) in [7, 11) is 5.86. The van der Waals surface area contributed by atoms with E-state index in [1.807, 2.05) is 7.05 Å². The van der Waals surface area contributed by atoms with Gasteiger partial charge >= 0.3 is 0 Å². The van der Waals surface area contributed by atoms with Gasteiger partial charge in [0.05, 0.1) is 7.11 Å². The van der Waals surface area contributed by atoms with Gasteiger partial charge in [0.2, 0.25) is 0 Å². The second-order valence-electron chi connectivity index (χ2n) is 5.82. The molecule has 0 spiro atoms. The Hall–Kier alpha value is -1.06. The zero-order valence-electron chi connectivity index (χ0n) is 12.8. The molecule has 1 fully saturated rings. The molecule has 19 heavy (non-hydrogen) atoms. The van der Waals surface area contributed by atoms with Crippen LogP contribution in [0.5, 0.6) is 5.75 Å². The molecular weight excluding hydrogens is 236 g/mol. The zero-order valence-corrected chi connectivity index (χ0v) is 12.8. The van der Waals surface area contributed by atoms with Crippen LogP contribution in [0.3, 0.4) is 0 Å². The molecule has 1 aliphatic rings. The van der Waals surface area contributed by atoms with Crippen molar-refractivity contribution in [2.24, 2.45) is 5.41 Å². The highest BCUT2D eigenvalue weighted by atomic mass is 16.5. The number of hydrogen-bond acceptors (Lipinski definition) is 3. The normalized spacial score (nSPS) is 18.2. The third kappa shape index (κ3) is 2.63. The molecule has 3 heteroatoms. The Balaban J connectivity index is 2.43. The standard InChI is InChI=1S/C16H26N2O/c1-11-8-12(2)14(19-5)13(9-11)15(18-4)16(6-7-16)10-17-3/h8-9,15,17-18H,6-7,10H2,1-5H3. The van der Waals surface area contributed by atoms with Gasteiger partial charge in [-0.05, 0) is 46.3 Å². The van der Waals surface area contributed by atoms with Gasteiger partial charge in [0, 0.05) is 23.6 Å². The molecule has 0 saturated heterocycles. The van der Waals surface area contributed by atoms with Gasteiger partial charge < -0.3 is 15.4 Å². The van der Waals surface area contributed by atoms with Crippen LogP contribution in [-0.2, 0) is 0 Å². The summed E-state index contributed by atoms with van der Waals surface area (Å²) in [6, 6.07) is 4.81. The van der Waals surface area contributed by atoms with E-state index in [1.165, 1.54) is 29.5 Å². The van der Waals surface area contributed by atoms with Crippen LogP contribution in [0.1, 0.15) is 35.6 Å². The van der Waals surface area contributed by atoms with E-state index in [2.05, 4.69) is 43.7 Å². The van der Waals surface area contributed by atoms with E-state index < -0.39 is 0 Å². The minimum atomic E-state index is 0.344. The van der Waals surface area contributed by atoms with Crippen LogP contribution in [0, 0.1) is 19.3 Å². The Kier molecular flexibility index (Phi) is 4.16. The maximum absolute atomic E-state index is 5.65. The van der Waals surface area contributed by atoms with Crippen molar-refractivity contribution in [3.63, 3.8) is 0 Å². The van der Waals surface area contributed by atoms with E-state index in [0.29, 0.717) is 11.5 Å². The Morgan fingerprint density at radius 3 is 2.42 bits per heavy atom. The zero-order chi connectivity index (χ0) is 14.0. The largest absolute Gasteiger partial charge is 0.496 e. The molecule has 0 aromatic heterocycles. The topological polar surface area (TPSA) is 33.3 Å². The van der Waals surface area contributed by atoms with Gasteiger partial charge in [0.15, 0.2) is 0 Å². The van der Waals surface area contributed by atoms with Crippen molar-refractivity contribution in [2.75, 3.05) is 27.7 Å². The average molecular weight is 262 g/mol. The molecule has 0 heterocycles. The second kappa shape index (κ2) is 5.51. The van der Waals surface area contributed by atoms with E-state index in [4.69, 9.17) is 4.74 Å². The fourth-order valence-electron chi connectivity index (χ4n) is 3.35. The van der Waals surface area contributed by atoms with E-state index in [-0.39, 0.29) is 0 Å². The molecule has 0 amide bonds. The molecule has 1 aromatic rings. The second-order valence-corrected chi connectivity index (χ2v) is 5.82. The monoisotopic (exact) mass is 262 g/mol. The summed E-state index contributed by atoms with van der Waals surface area (Å²) in [6.45, 7) is 5.33. The molecule has 106 valence electrons. The van der Waals surface area contributed by atoms with Crippen LogP contribution < -0.4 is 15.4 Å². The maximum atomic E-state index is 5.65. The number of hydrogen-bond donors (Lipinski definition) is 2. The summed E-state index contributed by atoms with van der Waals surface area (Å²) in [6.07, 6.45) is 2.55. The number of nitrogens with one attached hydrogen (secondary N) is 2. The fourth-order valence-corrected chi connectivity index (χ4v) is 3.35. The molecule has 1 aliphatic carbocycles. The van der Waals surface area contributed by atoms with Crippen molar-refractivity contribution in [3.05, 3.63) is 28.8 Å². The smallest absolute Gasteiger partial charge is 0.126 e. The molecule has 3 nitrogen and oxygen atoms in total. The average Bonchev–Trinajstić information content (AvgIpc) is 3.10. The van der Waals surface area contributed by atoms with Crippen molar-refractivity contribution in [2.45, 2.75) is 32.7 Å². The first-order chi connectivity index (χ1) is 9.07. The minimum Gasteiger partial charge on any atom is -0.496 e. The lowest BCUT2D eigenvalue weighted by molar-refractivity contribution is 0.328. The summed E-state index contributed by atoms with van der Waals surface area (Å²) < 4.78 is 5.65. The predicted molar refractivity (Wildman–Crippen MR) is 79.9 cm³/mol. The summed E-state index contributed by atoms with van der Waals surface area (Å²) in [4.78, 5) is 0. The summed E-state index contributed by atoms with van der Waals surface area (Å²) in [5.74, 6) is 1.03. The molecule has 1 aromatic carbocycles. The van der Waals surface area contributed by atoms with Crippen molar-refractivity contribution in [1.82, 2.24) is 10.6 Å². The first kappa shape index (κ1) is 14.4. The highest BCUT2D eigenvalue weighted by Gasteiger charge is 2.49. The highest BCUT2D eigenvalue weighted by Crippen LogP contribution is 2.55. The summed E-state index contributed by atoms with van der Waals surface area (Å²) in [5.41, 5.74) is 4.17. The number of aryl methyl sites for hydroxylation is 2. The summed E-state index contributed by atoms with van der Waals surface area (Å²) >= 11 is 0. The van der Waals surface area contributed by atoms with Crippen molar-refractivity contribution >= 4 is 0 Å².